The van der Waals surface area contributed by atoms with Crippen LogP contribution in [0.15, 0.2) is 0 Å². The minimum Gasteiger partial charge on any atom is -0.481 e. The molecule has 0 amide bonds. The van der Waals surface area contributed by atoms with E-state index in [1.165, 1.54) is 109 Å². The molecule has 0 saturated heterocycles. The van der Waals surface area contributed by atoms with E-state index in [0.717, 1.165) is 19.3 Å². The van der Waals surface area contributed by atoms with Crippen LogP contribution < -0.4 is 0 Å². The van der Waals surface area contributed by atoms with Crippen LogP contribution in [0.25, 0.3) is 0 Å². The summed E-state index contributed by atoms with van der Waals surface area (Å²) in [6, 6.07) is 0. The first-order valence-electron chi connectivity index (χ1n) is 14.5. The van der Waals surface area contributed by atoms with Gasteiger partial charge in [-0.05, 0) is 6.37 Å². The third kappa shape index (κ3) is 25.5. The van der Waals surface area contributed by atoms with Gasteiger partial charge < -0.3 is 5.11 Å². The Morgan fingerprint density at radius 1 is 0.536 bits per heavy atom. The molecule has 0 aliphatic heterocycles. The third-order valence-corrected chi connectivity index (χ3v) is 5.60. The van der Waals surface area contributed by atoms with E-state index in [9.17, 15) is 4.79 Å². The average molecular weight is 401 g/mol. The molecule has 0 radical (unpaired) electrons. The van der Waals surface area contributed by atoms with Crippen LogP contribution in [0.5, 0.6) is 0 Å². The number of carboxylic acids is 1. The molecule has 168 valence electrons. The van der Waals surface area contributed by atoms with Gasteiger partial charge in [-0.3, -0.25) is 4.79 Å². The van der Waals surface area contributed by atoms with Crippen molar-refractivity contribution in [3.8, 4) is 0 Å². The number of unbranched alkanes of at least 4 members (excludes halogenated alkanes) is 20. The van der Waals surface area contributed by atoms with Crippen LogP contribution >= 0.6 is 0 Å². The monoisotopic (exact) mass is 400 g/mol. The first-order valence-corrected chi connectivity index (χ1v) is 12.5. The molecule has 0 fully saturated rings. The van der Waals surface area contributed by atoms with Crippen molar-refractivity contribution in [1.82, 2.24) is 0 Å². The zero-order chi connectivity index (χ0) is 24.1. The molecule has 0 aliphatic carbocycles. The first kappa shape index (κ1) is 20.7. The number of aliphatic carboxylic acids is 1. The van der Waals surface area contributed by atoms with E-state index in [4.69, 9.17) is 10.6 Å². The van der Waals surface area contributed by atoms with Crippen LogP contribution in [0.3, 0.4) is 0 Å². The molecule has 1 N–H and O–H groups in total. The zero-order valence-electron chi connectivity index (χ0n) is 22.9. The molecular formula is C26H52O2. The van der Waals surface area contributed by atoms with Crippen LogP contribution in [0.4, 0.5) is 0 Å². The van der Waals surface area contributed by atoms with E-state index in [2.05, 4.69) is 6.92 Å². The summed E-state index contributed by atoms with van der Waals surface area (Å²) in [5.41, 5.74) is 0. The number of hydrogen-bond donors (Lipinski definition) is 1. The second kappa shape index (κ2) is 24.5. The standard InChI is InChI=1S/C26H52O2/c1-2-3-4-5-6-7-8-9-10-11-12-13-14-15-16-17-18-19-20-21-22-23-24-25-26(27)28/h2-25H2,1H3,(H,27,28)/i24D2,25D2. The highest BCUT2D eigenvalue weighted by Crippen LogP contribution is 2.15. The van der Waals surface area contributed by atoms with Gasteiger partial charge in [0.15, 0.2) is 0 Å². The molecule has 0 atom stereocenters. The topological polar surface area (TPSA) is 37.3 Å². The highest BCUT2D eigenvalue weighted by Gasteiger charge is 1.97. The molecule has 0 aromatic heterocycles. The fourth-order valence-electron chi connectivity index (χ4n) is 3.78. The average Bonchev–Trinajstić information content (AvgIpc) is 2.74. The Kier molecular flexibility index (Phi) is 18.1. The van der Waals surface area contributed by atoms with Gasteiger partial charge in [0.2, 0.25) is 0 Å². The quantitative estimate of drug-likeness (QED) is 0.164. The molecule has 0 heterocycles. The Hall–Kier alpha value is -0.530. The van der Waals surface area contributed by atoms with Gasteiger partial charge in [-0.1, -0.05) is 148 Å². The predicted molar refractivity (Wildman–Crippen MR) is 124 cm³/mol. The van der Waals surface area contributed by atoms with Gasteiger partial charge in [-0.25, -0.2) is 0 Å². The molecule has 0 aromatic carbocycles. The number of hydrogen-bond acceptors (Lipinski definition) is 1. The van der Waals surface area contributed by atoms with Crippen LogP contribution in [-0.2, 0) is 4.79 Å². The Balaban J connectivity index is 3.30. The van der Waals surface area contributed by atoms with Gasteiger partial charge in [0.05, 0.1) is 0 Å². The summed E-state index contributed by atoms with van der Waals surface area (Å²) in [6.07, 6.45) is 21.7. The predicted octanol–water partition coefficient (Wildman–Crippen LogP) is 9.45. The Morgan fingerprint density at radius 2 is 0.786 bits per heavy atom. The van der Waals surface area contributed by atoms with Crippen LogP contribution in [0.2, 0.25) is 0 Å². The smallest absolute Gasteiger partial charge is 0.303 e. The van der Waals surface area contributed by atoms with Crippen molar-refractivity contribution in [2.45, 2.75) is 161 Å². The van der Waals surface area contributed by atoms with Crippen LogP contribution in [0, 0.1) is 0 Å². The molecular weight excluding hydrogens is 344 g/mol. The zero-order valence-corrected chi connectivity index (χ0v) is 18.9. The fourth-order valence-corrected chi connectivity index (χ4v) is 3.78. The van der Waals surface area contributed by atoms with E-state index in [1.54, 1.807) is 0 Å². The van der Waals surface area contributed by atoms with Crippen molar-refractivity contribution in [3.05, 3.63) is 0 Å². The van der Waals surface area contributed by atoms with E-state index >= 15 is 0 Å². The van der Waals surface area contributed by atoms with Crippen molar-refractivity contribution in [3.63, 3.8) is 0 Å². The second-order valence-electron chi connectivity index (χ2n) is 8.43. The fraction of sp³-hybridized carbons (Fsp3) is 0.962. The maximum Gasteiger partial charge on any atom is 0.303 e. The summed E-state index contributed by atoms with van der Waals surface area (Å²) < 4.78 is 30.2. The molecule has 0 saturated carbocycles. The molecule has 28 heavy (non-hydrogen) atoms. The summed E-state index contributed by atoms with van der Waals surface area (Å²) in [7, 11) is 0. The minimum atomic E-state index is -2.82. The van der Waals surface area contributed by atoms with Crippen LogP contribution in [-0.4, -0.2) is 11.1 Å². The van der Waals surface area contributed by atoms with Crippen molar-refractivity contribution < 1.29 is 15.4 Å². The van der Waals surface area contributed by atoms with Gasteiger partial charge in [-0.2, -0.15) is 0 Å². The number of carboxylic acid groups (broad SMARTS) is 1. The number of carbonyl (C=O) groups is 1. The van der Waals surface area contributed by atoms with E-state index < -0.39 is 18.7 Å². The SMILES string of the molecule is [2H]C([2H])(CCCCCCCCCCCCCCCCCCCCCCC)C([2H])([2H])C(=O)O. The normalized spacial score (nSPS) is 14.3. The van der Waals surface area contributed by atoms with Crippen molar-refractivity contribution in [2.75, 3.05) is 0 Å². The minimum absolute atomic E-state index is 0.0364. The van der Waals surface area contributed by atoms with Gasteiger partial charge in [0.25, 0.3) is 0 Å². The lowest BCUT2D eigenvalue weighted by molar-refractivity contribution is -0.137. The lowest BCUT2D eigenvalue weighted by Crippen LogP contribution is -1.93. The first-order chi connectivity index (χ1) is 15.3. The summed E-state index contributed by atoms with van der Waals surface area (Å²) in [5, 5.41) is 8.83. The van der Waals surface area contributed by atoms with Gasteiger partial charge in [-0.15, -0.1) is 0 Å². The van der Waals surface area contributed by atoms with Gasteiger partial charge in [0, 0.05) is 11.9 Å². The molecule has 2 nitrogen and oxygen atoms in total. The van der Waals surface area contributed by atoms with E-state index in [0.29, 0.717) is 6.42 Å². The van der Waals surface area contributed by atoms with Gasteiger partial charge in [0.1, 0.15) is 0 Å². The molecule has 0 spiro atoms. The highest BCUT2D eigenvalue weighted by molar-refractivity contribution is 5.66. The summed E-state index contributed by atoms with van der Waals surface area (Å²) >= 11 is 0. The molecule has 0 aliphatic rings. The lowest BCUT2D eigenvalue weighted by Gasteiger charge is -2.04. The molecule has 0 aromatic rings. The Bertz CT molecular complexity index is 442. The highest BCUT2D eigenvalue weighted by atomic mass is 16.4. The Morgan fingerprint density at radius 3 is 1.04 bits per heavy atom. The molecule has 0 rings (SSSR count). The molecule has 2 heteroatoms. The largest absolute Gasteiger partial charge is 0.481 e. The molecule has 0 bridgehead atoms. The van der Waals surface area contributed by atoms with Crippen LogP contribution in [0.1, 0.15) is 166 Å². The molecule has 0 unspecified atom stereocenters. The van der Waals surface area contributed by atoms with Crippen molar-refractivity contribution in [2.24, 2.45) is 0 Å². The third-order valence-electron chi connectivity index (χ3n) is 5.60. The maximum absolute atomic E-state index is 10.9. The summed E-state index contributed by atoms with van der Waals surface area (Å²) in [5.74, 6) is -1.72. The summed E-state index contributed by atoms with van der Waals surface area (Å²) in [6.45, 7) is 2.27. The van der Waals surface area contributed by atoms with Crippen molar-refractivity contribution in [1.29, 1.82) is 0 Å². The maximum atomic E-state index is 10.9. The van der Waals surface area contributed by atoms with E-state index in [-0.39, 0.29) is 6.42 Å². The second-order valence-corrected chi connectivity index (χ2v) is 8.43. The summed E-state index contributed by atoms with van der Waals surface area (Å²) in [4.78, 5) is 10.9. The van der Waals surface area contributed by atoms with Gasteiger partial charge >= 0.3 is 5.97 Å². The van der Waals surface area contributed by atoms with E-state index in [1.807, 2.05) is 0 Å². The van der Waals surface area contributed by atoms with Crippen molar-refractivity contribution >= 4 is 5.97 Å². The Labute approximate surface area is 182 Å². The number of rotatable bonds is 24. The lowest BCUT2D eigenvalue weighted by atomic mass is 10.0.